The van der Waals surface area contributed by atoms with E-state index in [1.807, 2.05) is 36.4 Å². The molecule has 1 aromatic carbocycles. The molecule has 0 aliphatic rings. The summed E-state index contributed by atoms with van der Waals surface area (Å²) in [5, 5.41) is 8.31. The average Bonchev–Trinajstić information content (AvgIpc) is 2.20. The standard InChI is InChI=1S/C6H6.C5H11NO2/c1-2-4-6-5-3-1;1-4(5(7)8)6(2)3/h1-6H;4H,1-3H3,(H,7,8). The van der Waals surface area contributed by atoms with Gasteiger partial charge in [0.25, 0.3) is 0 Å². The number of aliphatic carboxylic acids is 1. The minimum Gasteiger partial charge on any atom is -0.480 e. The Morgan fingerprint density at radius 2 is 1.36 bits per heavy atom. The number of likely N-dealkylation sites (N-methyl/N-ethyl adjacent to an activating group) is 1. The van der Waals surface area contributed by atoms with Crippen LogP contribution in [0.4, 0.5) is 0 Å². The SMILES string of the molecule is CC(C(=O)O)N(C)C.c1ccccc1. The molecule has 1 aromatic rings. The summed E-state index contributed by atoms with van der Waals surface area (Å²) in [6.45, 7) is 1.64. The van der Waals surface area contributed by atoms with Crippen molar-refractivity contribution in [2.75, 3.05) is 14.1 Å². The largest absolute Gasteiger partial charge is 0.480 e. The predicted octanol–water partition coefficient (Wildman–Crippen LogP) is 1.71. The summed E-state index contributed by atoms with van der Waals surface area (Å²) in [6.07, 6.45) is 0. The lowest BCUT2D eigenvalue weighted by molar-refractivity contribution is -0.141. The average molecular weight is 195 g/mol. The smallest absolute Gasteiger partial charge is 0.320 e. The molecule has 1 N–H and O–H groups in total. The summed E-state index contributed by atoms with van der Waals surface area (Å²) < 4.78 is 0. The zero-order chi connectivity index (χ0) is 11.0. The van der Waals surface area contributed by atoms with E-state index in [4.69, 9.17) is 5.11 Å². The van der Waals surface area contributed by atoms with Crippen LogP contribution < -0.4 is 0 Å². The first kappa shape index (κ1) is 12.7. The maximum atomic E-state index is 10.1. The third kappa shape index (κ3) is 6.20. The van der Waals surface area contributed by atoms with E-state index in [1.165, 1.54) is 0 Å². The second-order valence-corrected chi connectivity index (χ2v) is 3.13. The highest BCUT2D eigenvalue weighted by Crippen LogP contribution is 1.88. The Morgan fingerprint density at radius 1 is 1.07 bits per heavy atom. The highest BCUT2D eigenvalue weighted by Gasteiger charge is 2.11. The van der Waals surface area contributed by atoms with Crippen molar-refractivity contribution in [3.63, 3.8) is 0 Å². The molecule has 3 heteroatoms. The minimum atomic E-state index is -0.782. The van der Waals surface area contributed by atoms with Gasteiger partial charge in [0.1, 0.15) is 6.04 Å². The molecule has 78 valence electrons. The van der Waals surface area contributed by atoms with Gasteiger partial charge in [-0.05, 0) is 21.0 Å². The van der Waals surface area contributed by atoms with E-state index in [1.54, 1.807) is 25.9 Å². The Hall–Kier alpha value is -1.35. The van der Waals surface area contributed by atoms with Gasteiger partial charge in [-0.2, -0.15) is 0 Å². The second kappa shape index (κ2) is 7.09. The molecule has 0 amide bonds. The topological polar surface area (TPSA) is 40.5 Å². The van der Waals surface area contributed by atoms with Gasteiger partial charge in [0.05, 0.1) is 0 Å². The molecule has 0 saturated heterocycles. The van der Waals surface area contributed by atoms with E-state index in [9.17, 15) is 4.79 Å². The van der Waals surface area contributed by atoms with E-state index in [0.717, 1.165) is 0 Å². The van der Waals surface area contributed by atoms with Crippen molar-refractivity contribution in [3.8, 4) is 0 Å². The maximum absolute atomic E-state index is 10.1. The number of nitrogens with zero attached hydrogens (tertiary/aromatic N) is 1. The van der Waals surface area contributed by atoms with E-state index < -0.39 is 5.97 Å². The Labute approximate surface area is 85.0 Å². The summed E-state index contributed by atoms with van der Waals surface area (Å²) in [5.74, 6) is -0.782. The van der Waals surface area contributed by atoms with Crippen molar-refractivity contribution in [2.24, 2.45) is 0 Å². The Morgan fingerprint density at radius 3 is 1.43 bits per heavy atom. The first-order valence-corrected chi connectivity index (χ1v) is 4.45. The molecule has 3 nitrogen and oxygen atoms in total. The van der Waals surface area contributed by atoms with E-state index >= 15 is 0 Å². The Balaban J connectivity index is 0.000000249. The molecule has 0 bridgehead atoms. The second-order valence-electron chi connectivity index (χ2n) is 3.13. The van der Waals surface area contributed by atoms with Crippen LogP contribution in [0.15, 0.2) is 36.4 Å². The third-order valence-corrected chi connectivity index (χ3v) is 1.80. The van der Waals surface area contributed by atoms with Crippen LogP contribution in [0.2, 0.25) is 0 Å². The summed E-state index contributed by atoms with van der Waals surface area (Å²) in [7, 11) is 3.47. The molecule has 0 aromatic heterocycles. The highest BCUT2D eigenvalue weighted by molar-refractivity contribution is 5.72. The van der Waals surface area contributed by atoms with Crippen LogP contribution in [-0.4, -0.2) is 36.1 Å². The molecule has 14 heavy (non-hydrogen) atoms. The summed E-state index contributed by atoms with van der Waals surface area (Å²) in [5.41, 5.74) is 0. The van der Waals surface area contributed by atoms with Gasteiger partial charge < -0.3 is 5.11 Å². The number of hydrogen-bond donors (Lipinski definition) is 1. The molecule has 0 aliphatic heterocycles. The molecule has 1 rings (SSSR count). The lowest BCUT2D eigenvalue weighted by Gasteiger charge is -2.13. The van der Waals surface area contributed by atoms with E-state index in [2.05, 4.69) is 0 Å². The third-order valence-electron chi connectivity index (χ3n) is 1.80. The van der Waals surface area contributed by atoms with Crippen molar-refractivity contribution in [3.05, 3.63) is 36.4 Å². The fraction of sp³-hybridized carbons (Fsp3) is 0.364. The summed E-state index contributed by atoms with van der Waals surface area (Å²) >= 11 is 0. The summed E-state index contributed by atoms with van der Waals surface area (Å²) in [4.78, 5) is 11.7. The Bertz CT molecular complexity index is 220. The first-order chi connectivity index (χ1) is 6.55. The van der Waals surface area contributed by atoms with Gasteiger partial charge in [-0.3, -0.25) is 9.69 Å². The van der Waals surface area contributed by atoms with Gasteiger partial charge in [0.15, 0.2) is 0 Å². The molecular weight excluding hydrogens is 178 g/mol. The zero-order valence-electron chi connectivity index (χ0n) is 8.84. The van der Waals surface area contributed by atoms with Crippen LogP contribution in [0, 0.1) is 0 Å². The monoisotopic (exact) mass is 195 g/mol. The molecule has 0 saturated carbocycles. The first-order valence-electron chi connectivity index (χ1n) is 4.45. The van der Waals surface area contributed by atoms with Crippen molar-refractivity contribution < 1.29 is 9.90 Å². The zero-order valence-corrected chi connectivity index (χ0v) is 8.84. The number of benzene rings is 1. The number of rotatable bonds is 2. The minimum absolute atomic E-state index is 0.380. The molecule has 1 unspecified atom stereocenters. The molecule has 0 aliphatic carbocycles. The lowest BCUT2D eigenvalue weighted by Crippen LogP contribution is -2.32. The van der Waals surface area contributed by atoms with Crippen LogP contribution in [0.1, 0.15) is 6.92 Å². The predicted molar refractivity (Wildman–Crippen MR) is 57.2 cm³/mol. The van der Waals surface area contributed by atoms with E-state index in [-0.39, 0.29) is 6.04 Å². The van der Waals surface area contributed by atoms with Crippen LogP contribution in [0.25, 0.3) is 0 Å². The van der Waals surface area contributed by atoms with Crippen molar-refractivity contribution in [1.29, 1.82) is 0 Å². The molecule has 0 heterocycles. The number of carboxylic acid groups (broad SMARTS) is 1. The van der Waals surface area contributed by atoms with Crippen molar-refractivity contribution in [2.45, 2.75) is 13.0 Å². The normalized spacial score (nSPS) is 11.4. The fourth-order valence-corrected chi connectivity index (χ4v) is 0.606. The van der Waals surface area contributed by atoms with Gasteiger partial charge in [-0.25, -0.2) is 0 Å². The van der Waals surface area contributed by atoms with Gasteiger partial charge in [0, 0.05) is 0 Å². The fourth-order valence-electron chi connectivity index (χ4n) is 0.606. The van der Waals surface area contributed by atoms with Crippen LogP contribution in [0.5, 0.6) is 0 Å². The number of hydrogen-bond acceptors (Lipinski definition) is 2. The quantitative estimate of drug-likeness (QED) is 0.781. The lowest BCUT2D eigenvalue weighted by atomic mass is 10.3. The van der Waals surface area contributed by atoms with Gasteiger partial charge in [-0.1, -0.05) is 36.4 Å². The van der Waals surface area contributed by atoms with Crippen molar-refractivity contribution >= 4 is 5.97 Å². The van der Waals surface area contributed by atoms with Crippen LogP contribution in [-0.2, 0) is 4.79 Å². The molecule has 0 spiro atoms. The van der Waals surface area contributed by atoms with E-state index in [0.29, 0.717) is 0 Å². The number of carbonyl (C=O) groups is 1. The van der Waals surface area contributed by atoms with Gasteiger partial charge >= 0.3 is 5.97 Å². The van der Waals surface area contributed by atoms with Crippen LogP contribution >= 0.6 is 0 Å². The molecule has 0 radical (unpaired) electrons. The van der Waals surface area contributed by atoms with Crippen LogP contribution in [0.3, 0.4) is 0 Å². The molecule has 0 fully saturated rings. The van der Waals surface area contributed by atoms with Crippen molar-refractivity contribution in [1.82, 2.24) is 4.90 Å². The van der Waals surface area contributed by atoms with Gasteiger partial charge in [0.2, 0.25) is 0 Å². The number of carboxylic acids is 1. The van der Waals surface area contributed by atoms with Gasteiger partial charge in [-0.15, -0.1) is 0 Å². The maximum Gasteiger partial charge on any atom is 0.320 e. The molecular formula is C11H17NO2. The molecule has 1 atom stereocenters. The summed E-state index contributed by atoms with van der Waals surface area (Å²) in [6, 6.07) is 11.6. The Kier molecular flexibility index (Phi) is 6.41. The highest BCUT2D eigenvalue weighted by atomic mass is 16.4.